The molecule has 0 bridgehead atoms. The van der Waals surface area contributed by atoms with Crippen molar-refractivity contribution < 1.29 is 0 Å². The SMILES string of the molecule is C1=CC2c3ccccc3N(c3ccc4c(-c5ccc6ccccc6n5)c5cc(-n6c7ccccc7c7ccccc76)ccc5c(-c5ccc6ccccc6n5)c4c3)C2C=C1. The van der Waals surface area contributed by atoms with E-state index in [1.54, 1.807) is 0 Å². The lowest BCUT2D eigenvalue weighted by molar-refractivity contribution is 0.745. The zero-order valence-electron chi connectivity index (χ0n) is 32.6. The molecule has 4 heteroatoms. The number of fused-ring (bicyclic) bond motifs is 10. The molecule has 0 fully saturated rings. The third kappa shape index (κ3) is 4.85. The molecule has 4 nitrogen and oxygen atoms in total. The van der Waals surface area contributed by atoms with Crippen LogP contribution in [0.4, 0.5) is 11.4 Å². The molecule has 2 unspecified atom stereocenters. The van der Waals surface area contributed by atoms with Gasteiger partial charge in [0.15, 0.2) is 0 Å². The third-order valence-corrected chi connectivity index (χ3v) is 12.9. The second-order valence-corrected chi connectivity index (χ2v) is 16.1. The van der Waals surface area contributed by atoms with Crippen LogP contribution in [-0.2, 0) is 0 Å². The molecule has 0 saturated carbocycles. The molecule has 0 saturated heterocycles. The second kappa shape index (κ2) is 12.8. The molecule has 0 amide bonds. The Kier molecular flexibility index (Phi) is 7.10. The van der Waals surface area contributed by atoms with Crippen molar-refractivity contribution in [2.45, 2.75) is 12.0 Å². The first-order valence-electron chi connectivity index (χ1n) is 20.7. The van der Waals surface area contributed by atoms with Crippen molar-refractivity contribution in [2.75, 3.05) is 4.90 Å². The van der Waals surface area contributed by atoms with Gasteiger partial charge in [-0.2, -0.15) is 0 Å². The van der Waals surface area contributed by atoms with E-state index in [0.717, 1.165) is 77.2 Å². The van der Waals surface area contributed by atoms with Crippen LogP contribution in [0.25, 0.3) is 93.4 Å². The molecule has 0 spiro atoms. The third-order valence-electron chi connectivity index (χ3n) is 12.9. The van der Waals surface area contributed by atoms with Crippen LogP contribution >= 0.6 is 0 Å². The summed E-state index contributed by atoms with van der Waals surface area (Å²) in [5.74, 6) is 0.289. The summed E-state index contributed by atoms with van der Waals surface area (Å²) in [6.07, 6.45) is 9.08. The zero-order valence-corrected chi connectivity index (χ0v) is 32.6. The second-order valence-electron chi connectivity index (χ2n) is 16.1. The summed E-state index contributed by atoms with van der Waals surface area (Å²) >= 11 is 0. The van der Waals surface area contributed by atoms with Crippen LogP contribution in [0.1, 0.15) is 11.5 Å². The number of hydrogen-bond donors (Lipinski definition) is 0. The van der Waals surface area contributed by atoms with Gasteiger partial charge in [0.2, 0.25) is 0 Å². The Bertz CT molecular complexity index is 3590. The van der Waals surface area contributed by atoms with Crippen molar-refractivity contribution in [3.63, 3.8) is 0 Å². The van der Waals surface area contributed by atoms with Gasteiger partial charge in [0, 0.05) is 55.7 Å². The number of benzene rings is 8. The number of pyridine rings is 2. The van der Waals surface area contributed by atoms with Crippen molar-refractivity contribution in [3.05, 3.63) is 212 Å². The van der Waals surface area contributed by atoms with E-state index in [9.17, 15) is 0 Å². The largest absolute Gasteiger partial charge is 0.333 e. The van der Waals surface area contributed by atoms with Gasteiger partial charge in [0.1, 0.15) is 0 Å². The lowest BCUT2D eigenvalue weighted by atomic mass is 9.87. The summed E-state index contributed by atoms with van der Waals surface area (Å²) in [7, 11) is 0. The van der Waals surface area contributed by atoms with Gasteiger partial charge in [-0.15, -0.1) is 0 Å². The van der Waals surface area contributed by atoms with Crippen molar-refractivity contribution in [3.8, 4) is 28.2 Å². The Hall–Kier alpha value is -7.82. The minimum atomic E-state index is 0.183. The van der Waals surface area contributed by atoms with Gasteiger partial charge >= 0.3 is 0 Å². The van der Waals surface area contributed by atoms with Crippen LogP contribution in [0, 0.1) is 0 Å². The normalized spacial score (nSPS) is 15.8. The standard InChI is InChI=1S/C56H36N4/c1-7-19-47-35(13-1)25-31-49(57-47)55-43-29-27-38(60-53-23-11-5-17-41(53)42-18-6-12-24-54(42)60)34-46(43)56(50-32-26-36-14-2-8-20-48(36)58-50)44-30-28-37(33-45(44)55)59-51-21-9-3-15-39(51)40-16-4-10-22-52(40)59/h1-34,39,51H. The van der Waals surface area contributed by atoms with E-state index in [1.807, 2.05) is 0 Å². The molecule has 4 heterocycles. The average Bonchev–Trinajstić information content (AvgIpc) is 3.83. The van der Waals surface area contributed by atoms with E-state index in [1.165, 1.54) is 33.1 Å². The summed E-state index contributed by atoms with van der Waals surface area (Å²) < 4.78 is 2.41. The topological polar surface area (TPSA) is 34.0 Å². The van der Waals surface area contributed by atoms with E-state index in [2.05, 4.69) is 216 Å². The maximum atomic E-state index is 5.42. The van der Waals surface area contributed by atoms with Gasteiger partial charge < -0.3 is 9.47 Å². The van der Waals surface area contributed by atoms with Crippen LogP contribution in [0.3, 0.4) is 0 Å². The quantitative estimate of drug-likeness (QED) is 0.167. The lowest BCUT2D eigenvalue weighted by Crippen LogP contribution is -2.28. The van der Waals surface area contributed by atoms with E-state index in [4.69, 9.17) is 9.97 Å². The van der Waals surface area contributed by atoms with E-state index >= 15 is 0 Å². The first-order valence-corrected chi connectivity index (χ1v) is 20.7. The van der Waals surface area contributed by atoms with Crippen LogP contribution < -0.4 is 4.90 Å². The number of nitrogens with zero attached hydrogens (tertiary/aromatic N) is 4. The molecule has 1 aliphatic heterocycles. The van der Waals surface area contributed by atoms with Gasteiger partial charge in [-0.25, -0.2) is 9.97 Å². The highest BCUT2D eigenvalue weighted by Gasteiger charge is 2.37. The predicted octanol–water partition coefficient (Wildman–Crippen LogP) is 14.3. The number of anilines is 2. The maximum absolute atomic E-state index is 5.42. The number of para-hydroxylation sites is 5. The molecule has 2 aliphatic rings. The Labute approximate surface area is 346 Å². The van der Waals surface area contributed by atoms with Crippen LogP contribution in [-0.4, -0.2) is 20.6 Å². The molecule has 0 N–H and O–H groups in total. The highest BCUT2D eigenvalue weighted by Crippen LogP contribution is 2.50. The average molecular weight is 765 g/mol. The summed E-state index contributed by atoms with van der Waals surface area (Å²) in [4.78, 5) is 13.4. The molecule has 1 aliphatic carbocycles. The van der Waals surface area contributed by atoms with Gasteiger partial charge in [0.25, 0.3) is 0 Å². The molecular formula is C56H36N4. The van der Waals surface area contributed by atoms with Crippen LogP contribution in [0.5, 0.6) is 0 Å². The highest BCUT2D eigenvalue weighted by molar-refractivity contribution is 6.22. The van der Waals surface area contributed by atoms with Gasteiger partial charge in [-0.05, 0) is 93.8 Å². The summed E-state index contributed by atoms with van der Waals surface area (Å²) in [6.45, 7) is 0. The summed E-state index contributed by atoms with van der Waals surface area (Å²) in [5.41, 5.74) is 13.3. The number of hydrogen-bond acceptors (Lipinski definition) is 3. The Morgan fingerprint density at radius 1 is 0.400 bits per heavy atom. The maximum Gasteiger partial charge on any atom is 0.0722 e. The molecule has 13 rings (SSSR count). The van der Waals surface area contributed by atoms with Crippen LogP contribution in [0.2, 0.25) is 0 Å². The lowest BCUT2D eigenvalue weighted by Gasteiger charge is -2.29. The minimum Gasteiger partial charge on any atom is -0.333 e. The van der Waals surface area contributed by atoms with Crippen LogP contribution in [0.15, 0.2) is 206 Å². The molecule has 3 aromatic heterocycles. The fourth-order valence-corrected chi connectivity index (χ4v) is 10.2. The molecule has 280 valence electrons. The Morgan fingerprint density at radius 2 is 0.933 bits per heavy atom. The Balaban J connectivity index is 1.16. The van der Waals surface area contributed by atoms with Gasteiger partial charge in [-0.3, -0.25) is 0 Å². The number of aromatic nitrogens is 3. The molecule has 2 atom stereocenters. The summed E-state index contributed by atoms with van der Waals surface area (Å²) in [6, 6.07) is 66.3. The van der Waals surface area contributed by atoms with E-state index in [0.29, 0.717) is 0 Å². The first-order chi connectivity index (χ1) is 29.8. The van der Waals surface area contributed by atoms with Gasteiger partial charge in [0.05, 0.1) is 39.5 Å². The molecule has 11 aromatic rings. The number of rotatable bonds is 4. The summed E-state index contributed by atoms with van der Waals surface area (Å²) in [5, 5.41) is 9.29. The minimum absolute atomic E-state index is 0.183. The first kappa shape index (κ1) is 33.2. The van der Waals surface area contributed by atoms with Gasteiger partial charge in [-0.1, -0.05) is 140 Å². The van der Waals surface area contributed by atoms with E-state index in [-0.39, 0.29) is 12.0 Å². The van der Waals surface area contributed by atoms with Crippen molar-refractivity contribution in [1.29, 1.82) is 0 Å². The predicted molar refractivity (Wildman–Crippen MR) is 251 cm³/mol. The Morgan fingerprint density at radius 3 is 1.60 bits per heavy atom. The fourth-order valence-electron chi connectivity index (χ4n) is 10.2. The molecule has 0 radical (unpaired) electrons. The molecular weight excluding hydrogens is 729 g/mol. The molecule has 60 heavy (non-hydrogen) atoms. The van der Waals surface area contributed by atoms with Crippen molar-refractivity contribution in [2.24, 2.45) is 0 Å². The number of allylic oxidation sites excluding steroid dienone is 2. The smallest absolute Gasteiger partial charge is 0.0722 e. The zero-order chi connectivity index (χ0) is 39.3. The fraction of sp³-hybridized carbons (Fsp3) is 0.0357. The van der Waals surface area contributed by atoms with E-state index < -0.39 is 0 Å². The van der Waals surface area contributed by atoms with Crippen molar-refractivity contribution in [1.82, 2.24) is 14.5 Å². The van der Waals surface area contributed by atoms with Crippen molar-refractivity contribution >= 4 is 76.5 Å². The monoisotopic (exact) mass is 764 g/mol. The highest BCUT2D eigenvalue weighted by atomic mass is 15.2. The molecule has 8 aromatic carbocycles.